The Bertz CT molecular complexity index is 592. The Labute approximate surface area is 149 Å². The summed E-state index contributed by atoms with van der Waals surface area (Å²) < 4.78 is 0. The van der Waals surface area contributed by atoms with Gasteiger partial charge in [0.15, 0.2) is 0 Å². The smallest absolute Gasteiger partial charge is 0.317 e. The molecule has 2 fully saturated rings. The Morgan fingerprint density at radius 3 is 2.64 bits per heavy atom. The van der Waals surface area contributed by atoms with E-state index >= 15 is 0 Å². The van der Waals surface area contributed by atoms with Crippen molar-refractivity contribution in [1.82, 2.24) is 15.1 Å². The molecule has 2 atom stereocenters. The van der Waals surface area contributed by atoms with Crippen molar-refractivity contribution >= 4 is 11.9 Å². The molecule has 0 aliphatic carbocycles. The van der Waals surface area contributed by atoms with Gasteiger partial charge in [0.1, 0.15) is 0 Å². The molecule has 6 heteroatoms. The molecule has 6 nitrogen and oxygen atoms in total. The van der Waals surface area contributed by atoms with Crippen LogP contribution in [-0.2, 0) is 11.3 Å². The maximum Gasteiger partial charge on any atom is 0.317 e. The largest absolute Gasteiger partial charge is 0.369 e. The molecule has 3 N–H and O–H groups in total. The molecule has 1 aromatic carbocycles. The summed E-state index contributed by atoms with van der Waals surface area (Å²) in [7, 11) is 0. The summed E-state index contributed by atoms with van der Waals surface area (Å²) in [4.78, 5) is 27.7. The molecule has 2 aliphatic rings. The fraction of sp³-hybridized carbons (Fsp3) is 0.579. The standard InChI is InChI=1S/C19H28N4O2/c20-18(24)17-8-10-23(14-17)19(25)21-11-16-7-4-9-22(13-16)12-15-5-2-1-3-6-15/h1-3,5-6,16-17H,4,7-14H2,(H2,20,24)(H,21,25). The molecule has 0 aromatic heterocycles. The van der Waals surface area contributed by atoms with Gasteiger partial charge in [-0.2, -0.15) is 0 Å². The number of carbonyl (C=O) groups excluding carboxylic acids is 2. The van der Waals surface area contributed by atoms with E-state index in [1.165, 1.54) is 12.0 Å². The first-order chi connectivity index (χ1) is 12.1. The van der Waals surface area contributed by atoms with E-state index in [-0.39, 0.29) is 17.9 Å². The number of primary amides is 1. The predicted molar refractivity (Wildman–Crippen MR) is 96.7 cm³/mol. The van der Waals surface area contributed by atoms with E-state index in [2.05, 4.69) is 34.5 Å². The number of urea groups is 1. The summed E-state index contributed by atoms with van der Waals surface area (Å²) in [5, 5.41) is 3.05. The van der Waals surface area contributed by atoms with E-state index in [9.17, 15) is 9.59 Å². The predicted octanol–water partition coefficient (Wildman–Crippen LogP) is 1.42. The molecule has 0 bridgehead atoms. The van der Waals surface area contributed by atoms with Gasteiger partial charge < -0.3 is 16.0 Å². The lowest BCUT2D eigenvalue weighted by molar-refractivity contribution is -0.121. The fourth-order valence-electron chi connectivity index (χ4n) is 3.82. The Kier molecular flexibility index (Phi) is 5.91. The molecule has 2 unspecified atom stereocenters. The van der Waals surface area contributed by atoms with Crippen molar-refractivity contribution in [2.24, 2.45) is 17.6 Å². The number of nitrogens with two attached hydrogens (primary N) is 1. The summed E-state index contributed by atoms with van der Waals surface area (Å²) >= 11 is 0. The molecule has 0 saturated carbocycles. The molecule has 3 rings (SSSR count). The van der Waals surface area contributed by atoms with Gasteiger partial charge in [0, 0.05) is 32.7 Å². The lowest BCUT2D eigenvalue weighted by Crippen LogP contribution is -2.44. The van der Waals surface area contributed by atoms with Crippen LogP contribution < -0.4 is 11.1 Å². The second-order valence-corrected chi connectivity index (χ2v) is 7.25. The van der Waals surface area contributed by atoms with Gasteiger partial charge in [0.2, 0.25) is 5.91 Å². The molecule has 25 heavy (non-hydrogen) atoms. The minimum absolute atomic E-state index is 0.0658. The van der Waals surface area contributed by atoms with Gasteiger partial charge >= 0.3 is 6.03 Å². The minimum atomic E-state index is -0.306. The quantitative estimate of drug-likeness (QED) is 0.848. The van der Waals surface area contributed by atoms with Gasteiger partial charge in [-0.05, 0) is 37.3 Å². The summed E-state index contributed by atoms with van der Waals surface area (Å²) in [5.74, 6) is -0.0168. The summed E-state index contributed by atoms with van der Waals surface area (Å²) in [6.45, 7) is 4.86. The number of hydrogen-bond acceptors (Lipinski definition) is 3. The average Bonchev–Trinajstić information content (AvgIpc) is 3.11. The molecule has 1 aromatic rings. The maximum atomic E-state index is 12.3. The number of hydrogen-bond donors (Lipinski definition) is 2. The van der Waals surface area contributed by atoms with E-state index in [0.717, 1.165) is 26.1 Å². The lowest BCUT2D eigenvalue weighted by atomic mass is 9.97. The van der Waals surface area contributed by atoms with Crippen LogP contribution in [0.25, 0.3) is 0 Å². The van der Waals surface area contributed by atoms with Gasteiger partial charge in [0.05, 0.1) is 5.92 Å². The summed E-state index contributed by atoms with van der Waals surface area (Å²) in [5.41, 5.74) is 6.66. The summed E-state index contributed by atoms with van der Waals surface area (Å²) in [6.07, 6.45) is 2.99. The highest BCUT2D eigenvalue weighted by molar-refractivity contribution is 5.80. The number of carbonyl (C=O) groups is 2. The zero-order valence-corrected chi connectivity index (χ0v) is 14.7. The first-order valence-corrected chi connectivity index (χ1v) is 9.20. The van der Waals surface area contributed by atoms with Crippen molar-refractivity contribution in [2.75, 3.05) is 32.7 Å². The molecular weight excluding hydrogens is 316 g/mol. The molecule has 2 heterocycles. The van der Waals surface area contributed by atoms with E-state index in [0.29, 0.717) is 32.0 Å². The monoisotopic (exact) mass is 344 g/mol. The zero-order valence-electron chi connectivity index (χ0n) is 14.7. The van der Waals surface area contributed by atoms with Crippen LogP contribution in [-0.4, -0.2) is 54.5 Å². The van der Waals surface area contributed by atoms with E-state index in [1.54, 1.807) is 4.90 Å². The van der Waals surface area contributed by atoms with Crippen LogP contribution in [0.2, 0.25) is 0 Å². The Morgan fingerprint density at radius 2 is 1.92 bits per heavy atom. The van der Waals surface area contributed by atoms with Crippen molar-refractivity contribution in [2.45, 2.75) is 25.8 Å². The van der Waals surface area contributed by atoms with Crippen LogP contribution >= 0.6 is 0 Å². The maximum absolute atomic E-state index is 12.3. The van der Waals surface area contributed by atoms with Crippen LogP contribution in [0.4, 0.5) is 4.79 Å². The third kappa shape index (κ3) is 4.95. The zero-order chi connectivity index (χ0) is 17.6. The second-order valence-electron chi connectivity index (χ2n) is 7.25. The van der Waals surface area contributed by atoms with Gasteiger partial charge in [-0.25, -0.2) is 4.79 Å². The van der Waals surface area contributed by atoms with Crippen molar-refractivity contribution in [3.8, 4) is 0 Å². The topological polar surface area (TPSA) is 78.7 Å². The number of likely N-dealkylation sites (tertiary alicyclic amines) is 2. The first-order valence-electron chi connectivity index (χ1n) is 9.20. The number of nitrogens with zero attached hydrogens (tertiary/aromatic N) is 2. The van der Waals surface area contributed by atoms with Crippen LogP contribution in [0.5, 0.6) is 0 Å². The highest BCUT2D eigenvalue weighted by atomic mass is 16.2. The molecule has 2 saturated heterocycles. The Hall–Kier alpha value is -2.08. The Balaban J connectivity index is 1.42. The van der Waals surface area contributed by atoms with Crippen LogP contribution in [0.3, 0.4) is 0 Å². The van der Waals surface area contributed by atoms with E-state index in [4.69, 9.17) is 5.73 Å². The highest BCUT2D eigenvalue weighted by Gasteiger charge is 2.30. The number of benzene rings is 1. The SMILES string of the molecule is NC(=O)C1CCN(C(=O)NCC2CCCN(Cc3ccccc3)C2)C1. The second kappa shape index (κ2) is 8.34. The van der Waals surface area contributed by atoms with Crippen molar-refractivity contribution in [3.63, 3.8) is 0 Å². The number of nitrogens with one attached hydrogen (secondary N) is 1. The minimum Gasteiger partial charge on any atom is -0.369 e. The van der Waals surface area contributed by atoms with E-state index < -0.39 is 0 Å². The fourth-order valence-corrected chi connectivity index (χ4v) is 3.82. The van der Waals surface area contributed by atoms with Crippen LogP contribution in [0.15, 0.2) is 30.3 Å². The van der Waals surface area contributed by atoms with Crippen molar-refractivity contribution < 1.29 is 9.59 Å². The van der Waals surface area contributed by atoms with Crippen LogP contribution in [0, 0.1) is 11.8 Å². The molecule has 136 valence electrons. The number of amides is 3. The van der Waals surface area contributed by atoms with E-state index in [1.807, 2.05) is 6.07 Å². The molecular formula is C19H28N4O2. The van der Waals surface area contributed by atoms with Crippen molar-refractivity contribution in [3.05, 3.63) is 35.9 Å². The third-order valence-electron chi connectivity index (χ3n) is 5.27. The van der Waals surface area contributed by atoms with Gasteiger partial charge in [-0.1, -0.05) is 30.3 Å². The third-order valence-corrected chi connectivity index (χ3v) is 5.27. The molecule has 2 aliphatic heterocycles. The average molecular weight is 344 g/mol. The number of piperidine rings is 1. The Morgan fingerprint density at radius 1 is 1.12 bits per heavy atom. The molecule has 0 radical (unpaired) electrons. The van der Waals surface area contributed by atoms with Gasteiger partial charge in [-0.3, -0.25) is 9.69 Å². The van der Waals surface area contributed by atoms with Gasteiger partial charge in [0.25, 0.3) is 0 Å². The lowest BCUT2D eigenvalue weighted by Gasteiger charge is -2.33. The van der Waals surface area contributed by atoms with Crippen molar-refractivity contribution in [1.29, 1.82) is 0 Å². The summed E-state index contributed by atoms with van der Waals surface area (Å²) in [6, 6.07) is 10.4. The molecule has 3 amide bonds. The number of rotatable bonds is 5. The first kappa shape index (κ1) is 17.7. The molecule has 0 spiro atoms. The van der Waals surface area contributed by atoms with Crippen LogP contribution in [0.1, 0.15) is 24.8 Å². The highest BCUT2D eigenvalue weighted by Crippen LogP contribution is 2.19. The normalized spacial score (nSPS) is 24.2. The van der Waals surface area contributed by atoms with Gasteiger partial charge in [-0.15, -0.1) is 0 Å².